The molecule has 0 saturated carbocycles. The van der Waals surface area contributed by atoms with Crippen LogP contribution in [0.4, 0.5) is 0 Å². The lowest BCUT2D eigenvalue weighted by Crippen LogP contribution is -2.49. The number of hydrogen-bond donors (Lipinski definition) is 1. The topological polar surface area (TPSA) is 32.3 Å². The molecule has 3 nitrogen and oxygen atoms in total. The Hall–Kier alpha value is -0.570. The molecule has 1 amide bonds. The lowest BCUT2D eigenvalue weighted by molar-refractivity contribution is -0.126. The molecule has 1 saturated heterocycles. The van der Waals surface area contributed by atoms with E-state index in [2.05, 4.69) is 31.0 Å². The van der Waals surface area contributed by atoms with Gasteiger partial charge in [-0.05, 0) is 18.8 Å². The largest absolute Gasteiger partial charge is 0.356 e. The minimum absolute atomic E-state index is 0.185. The van der Waals surface area contributed by atoms with Crippen LogP contribution in [0, 0.1) is 11.8 Å². The zero-order chi connectivity index (χ0) is 12.0. The summed E-state index contributed by atoms with van der Waals surface area (Å²) in [4.78, 5) is 14.3. The summed E-state index contributed by atoms with van der Waals surface area (Å²) in [6.45, 7) is 10.6. The van der Waals surface area contributed by atoms with Crippen LogP contribution in [0.2, 0.25) is 0 Å². The van der Waals surface area contributed by atoms with Gasteiger partial charge in [0.25, 0.3) is 0 Å². The quantitative estimate of drug-likeness (QED) is 0.672. The Balaban J connectivity index is 2.21. The van der Waals surface area contributed by atoms with Gasteiger partial charge >= 0.3 is 0 Å². The summed E-state index contributed by atoms with van der Waals surface area (Å²) in [5.41, 5.74) is 0. The van der Waals surface area contributed by atoms with E-state index in [4.69, 9.17) is 0 Å². The molecule has 1 atom stereocenters. The zero-order valence-electron chi connectivity index (χ0n) is 11.0. The average Bonchev–Trinajstić information content (AvgIpc) is 2.23. The van der Waals surface area contributed by atoms with Gasteiger partial charge in [-0.3, -0.25) is 4.79 Å². The van der Waals surface area contributed by atoms with Gasteiger partial charge in [-0.2, -0.15) is 0 Å². The molecule has 94 valence electrons. The first-order valence-electron chi connectivity index (χ1n) is 6.67. The van der Waals surface area contributed by atoms with Crippen LogP contribution in [-0.2, 0) is 4.79 Å². The highest BCUT2D eigenvalue weighted by molar-refractivity contribution is 5.78. The van der Waals surface area contributed by atoms with Crippen LogP contribution in [0.3, 0.4) is 0 Å². The highest BCUT2D eigenvalue weighted by atomic mass is 16.1. The number of hydrogen-bond acceptors (Lipinski definition) is 2. The van der Waals surface area contributed by atoms with Crippen molar-refractivity contribution in [3.8, 4) is 0 Å². The van der Waals surface area contributed by atoms with E-state index in [-0.39, 0.29) is 11.8 Å². The predicted molar refractivity (Wildman–Crippen MR) is 67.3 cm³/mol. The molecule has 1 unspecified atom stereocenters. The van der Waals surface area contributed by atoms with Crippen molar-refractivity contribution in [3.05, 3.63) is 0 Å². The van der Waals surface area contributed by atoms with Gasteiger partial charge in [-0.15, -0.1) is 0 Å². The van der Waals surface area contributed by atoms with Crippen molar-refractivity contribution in [2.24, 2.45) is 11.8 Å². The molecule has 1 aliphatic heterocycles. The number of carbonyl (C=O) groups is 1. The van der Waals surface area contributed by atoms with Gasteiger partial charge in [0.15, 0.2) is 0 Å². The van der Waals surface area contributed by atoms with E-state index in [0.29, 0.717) is 0 Å². The third-order valence-electron chi connectivity index (χ3n) is 3.31. The fraction of sp³-hybridized carbons (Fsp3) is 0.923. The number of rotatable bonds is 7. The van der Waals surface area contributed by atoms with Gasteiger partial charge in [0.05, 0.1) is 5.92 Å². The van der Waals surface area contributed by atoms with Crippen molar-refractivity contribution in [2.45, 2.75) is 40.0 Å². The van der Waals surface area contributed by atoms with Crippen LogP contribution in [0.1, 0.15) is 40.0 Å². The van der Waals surface area contributed by atoms with Crippen LogP contribution in [0.25, 0.3) is 0 Å². The first kappa shape index (κ1) is 13.5. The summed E-state index contributed by atoms with van der Waals surface area (Å²) in [6.07, 6.45) is 3.17. The van der Waals surface area contributed by atoms with Crippen molar-refractivity contribution < 1.29 is 4.79 Å². The molecular weight excluding hydrogens is 200 g/mol. The van der Waals surface area contributed by atoms with E-state index in [0.717, 1.165) is 38.3 Å². The maximum atomic E-state index is 11.9. The molecule has 0 spiro atoms. The molecule has 0 aromatic carbocycles. The second-order valence-electron chi connectivity index (χ2n) is 5.07. The summed E-state index contributed by atoms with van der Waals surface area (Å²) in [6, 6.07) is 0. The summed E-state index contributed by atoms with van der Waals surface area (Å²) in [7, 11) is 0. The summed E-state index contributed by atoms with van der Waals surface area (Å²) >= 11 is 0. The van der Waals surface area contributed by atoms with Gasteiger partial charge in [0, 0.05) is 26.2 Å². The van der Waals surface area contributed by atoms with Crippen molar-refractivity contribution >= 4 is 5.91 Å². The molecule has 0 bridgehead atoms. The first-order valence-corrected chi connectivity index (χ1v) is 6.67. The number of likely N-dealkylation sites (tertiary alicyclic amines) is 1. The molecule has 3 heteroatoms. The van der Waals surface area contributed by atoms with Gasteiger partial charge in [-0.1, -0.05) is 27.2 Å². The lowest BCUT2D eigenvalue weighted by Gasteiger charge is -2.38. The molecule has 1 fully saturated rings. The molecule has 1 rings (SSSR count). The fourth-order valence-corrected chi connectivity index (χ4v) is 2.22. The molecule has 0 aliphatic carbocycles. The Morgan fingerprint density at radius 1 is 1.44 bits per heavy atom. The monoisotopic (exact) mass is 226 g/mol. The van der Waals surface area contributed by atoms with E-state index in [1.54, 1.807) is 0 Å². The summed E-state index contributed by atoms with van der Waals surface area (Å²) in [5, 5.41) is 3.03. The predicted octanol–water partition coefficient (Wildman–Crippen LogP) is 1.88. The summed E-state index contributed by atoms with van der Waals surface area (Å²) in [5.74, 6) is 1.25. The van der Waals surface area contributed by atoms with Gasteiger partial charge in [0.1, 0.15) is 0 Å². The third-order valence-corrected chi connectivity index (χ3v) is 3.31. The molecule has 0 radical (unpaired) electrons. The molecule has 0 aromatic rings. The van der Waals surface area contributed by atoms with Crippen molar-refractivity contribution in [1.82, 2.24) is 10.2 Å². The van der Waals surface area contributed by atoms with Crippen molar-refractivity contribution in [3.63, 3.8) is 0 Å². The zero-order valence-corrected chi connectivity index (χ0v) is 11.0. The Kier molecular flexibility index (Phi) is 5.81. The number of carbonyl (C=O) groups excluding carboxylic acids is 1. The standard InChI is InChI=1S/C13H26N2O/c1-4-6-7-14-13(16)12(5-2)10-15-8-11(3)9-15/h11-12H,4-10H2,1-3H3,(H,14,16). The first-order chi connectivity index (χ1) is 7.67. The molecule has 1 N–H and O–H groups in total. The number of amides is 1. The Morgan fingerprint density at radius 2 is 2.12 bits per heavy atom. The van der Waals surface area contributed by atoms with E-state index < -0.39 is 0 Å². The minimum Gasteiger partial charge on any atom is -0.356 e. The number of nitrogens with zero attached hydrogens (tertiary/aromatic N) is 1. The second-order valence-corrected chi connectivity index (χ2v) is 5.07. The normalized spacial score (nSPS) is 19.2. The molecule has 0 aromatic heterocycles. The van der Waals surface area contributed by atoms with Crippen LogP contribution < -0.4 is 5.32 Å². The van der Waals surface area contributed by atoms with Gasteiger partial charge < -0.3 is 10.2 Å². The number of nitrogens with one attached hydrogen (secondary N) is 1. The molecular formula is C13H26N2O. The van der Waals surface area contributed by atoms with Crippen molar-refractivity contribution in [1.29, 1.82) is 0 Å². The molecule has 1 aliphatic rings. The van der Waals surface area contributed by atoms with E-state index >= 15 is 0 Å². The molecule has 1 heterocycles. The third kappa shape index (κ3) is 4.12. The Morgan fingerprint density at radius 3 is 2.62 bits per heavy atom. The smallest absolute Gasteiger partial charge is 0.224 e. The summed E-state index contributed by atoms with van der Waals surface area (Å²) < 4.78 is 0. The minimum atomic E-state index is 0.185. The van der Waals surface area contributed by atoms with Gasteiger partial charge in [-0.25, -0.2) is 0 Å². The van der Waals surface area contributed by atoms with E-state index in [9.17, 15) is 4.79 Å². The maximum Gasteiger partial charge on any atom is 0.224 e. The average molecular weight is 226 g/mol. The fourth-order valence-electron chi connectivity index (χ4n) is 2.22. The van der Waals surface area contributed by atoms with E-state index in [1.807, 2.05) is 0 Å². The van der Waals surface area contributed by atoms with Crippen LogP contribution in [0.15, 0.2) is 0 Å². The van der Waals surface area contributed by atoms with Gasteiger partial charge in [0.2, 0.25) is 5.91 Å². The lowest BCUT2D eigenvalue weighted by atomic mass is 9.98. The highest BCUT2D eigenvalue weighted by Gasteiger charge is 2.27. The SMILES string of the molecule is CCCCNC(=O)C(CC)CN1CC(C)C1. The highest BCUT2D eigenvalue weighted by Crippen LogP contribution is 2.17. The second kappa shape index (κ2) is 6.89. The number of unbranched alkanes of at least 4 members (excludes halogenated alkanes) is 1. The Bertz CT molecular complexity index is 212. The van der Waals surface area contributed by atoms with Crippen LogP contribution >= 0.6 is 0 Å². The van der Waals surface area contributed by atoms with E-state index in [1.165, 1.54) is 13.1 Å². The maximum absolute atomic E-state index is 11.9. The van der Waals surface area contributed by atoms with Crippen LogP contribution in [-0.4, -0.2) is 37.0 Å². The Labute approximate surface area is 99.6 Å². The molecule has 16 heavy (non-hydrogen) atoms. The van der Waals surface area contributed by atoms with Crippen molar-refractivity contribution in [2.75, 3.05) is 26.2 Å². The van der Waals surface area contributed by atoms with Crippen LogP contribution in [0.5, 0.6) is 0 Å².